The van der Waals surface area contributed by atoms with E-state index in [0.717, 1.165) is 29.1 Å². The van der Waals surface area contributed by atoms with Crippen LogP contribution in [0, 0.1) is 0 Å². The Bertz CT molecular complexity index is 735. The maximum absolute atomic E-state index is 11.9. The van der Waals surface area contributed by atoms with Crippen LogP contribution < -0.4 is 4.74 Å². The van der Waals surface area contributed by atoms with Gasteiger partial charge in [-0.3, -0.25) is 0 Å². The monoisotopic (exact) mass is 446 g/mol. The molecule has 2 atom stereocenters. The van der Waals surface area contributed by atoms with Gasteiger partial charge in [-0.15, -0.1) is 11.8 Å². The Morgan fingerprint density at radius 1 is 1.00 bits per heavy atom. The quantitative estimate of drug-likeness (QED) is 0.224. The molecule has 2 aromatic carbocycles. The molecule has 0 radical (unpaired) electrons. The number of hydrogen-bond donors (Lipinski definition) is 1. The van der Waals surface area contributed by atoms with E-state index in [4.69, 9.17) is 14.2 Å². The lowest BCUT2D eigenvalue weighted by Crippen LogP contribution is -2.25. The third-order valence-electron chi connectivity index (χ3n) is 4.82. The van der Waals surface area contributed by atoms with Crippen molar-refractivity contribution in [2.24, 2.45) is 0 Å². The first kappa shape index (κ1) is 25.2. The Labute approximate surface area is 190 Å². The van der Waals surface area contributed by atoms with E-state index in [9.17, 15) is 9.90 Å². The number of carbonyl (C=O) groups is 1. The number of methoxy groups -OCH3 is 1. The van der Waals surface area contributed by atoms with Crippen molar-refractivity contribution in [3.05, 3.63) is 60.2 Å². The maximum atomic E-state index is 11.9. The molecule has 0 fully saturated rings. The minimum absolute atomic E-state index is 0.0499. The van der Waals surface area contributed by atoms with Crippen molar-refractivity contribution in [1.29, 1.82) is 0 Å². The molecule has 0 heterocycles. The first-order valence-corrected chi connectivity index (χ1v) is 11.8. The number of esters is 1. The standard InChI is InChI=1S/C25H34O5S/c1-3-4-5-6-10-17-30-24(27)19-29-18-23(26)25(20-11-8-7-9-12-20)31-22-15-13-21(28-2)14-16-22/h7-9,11-16,23,25-26H,3-6,10,17-19H2,1-2H3. The van der Waals surface area contributed by atoms with Gasteiger partial charge >= 0.3 is 5.97 Å². The second-order valence-corrected chi connectivity index (χ2v) is 8.56. The summed E-state index contributed by atoms with van der Waals surface area (Å²) >= 11 is 1.55. The van der Waals surface area contributed by atoms with Gasteiger partial charge in [-0.1, -0.05) is 62.9 Å². The Kier molecular flexibility index (Phi) is 12.1. The number of carbonyl (C=O) groups excluding carboxylic acids is 1. The lowest BCUT2D eigenvalue weighted by molar-refractivity contribution is -0.150. The van der Waals surface area contributed by atoms with E-state index < -0.39 is 6.10 Å². The fourth-order valence-corrected chi connectivity index (χ4v) is 4.21. The zero-order chi connectivity index (χ0) is 22.3. The first-order chi connectivity index (χ1) is 15.1. The van der Waals surface area contributed by atoms with Gasteiger partial charge < -0.3 is 19.3 Å². The van der Waals surface area contributed by atoms with E-state index in [-0.39, 0.29) is 24.4 Å². The van der Waals surface area contributed by atoms with Crippen molar-refractivity contribution in [1.82, 2.24) is 0 Å². The smallest absolute Gasteiger partial charge is 0.332 e. The summed E-state index contributed by atoms with van der Waals surface area (Å²) in [5.41, 5.74) is 0.995. The van der Waals surface area contributed by atoms with E-state index in [2.05, 4.69) is 6.92 Å². The fourth-order valence-electron chi connectivity index (χ4n) is 3.10. The summed E-state index contributed by atoms with van der Waals surface area (Å²) in [5.74, 6) is 0.398. The lowest BCUT2D eigenvalue weighted by atomic mass is 10.1. The van der Waals surface area contributed by atoms with Gasteiger partial charge in [-0.25, -0.2) is 4.79 Å². The molecule has 0 aliphatic rings. The molecule has 0 saturated carbocycles. The molecule has 0 bridgehead atoms. The van der Waals surface area contributed by atoms with E-state index >= 15 is 0 Å². The van der Waals surface area contributed by atoms with Crippen molar-refractivity contribution in [2.75, 3.05) is 26.9 Å². The molecule has 0 saturated heterocycles. The van der Waals surface area contributed by atoms with Crippen molar-refractivity contribution >= 4 is 17.7 Å². The highest BCUT2D eigenvalue weighted by Gasteiger charge is 2.23. The van der Waals surface area contributed by atoms with Crippen molar-refractivity contribution in [3.63, 3.8) is 0 Å². The van der Waals surface area contributed by atoms with Crippen LogP contribution in [-0.2, 0) is 14.3 Å². The number of thioether (sulfide) groups is 1. The third-order valence-corrected chi connectivity index (χ3v) is 6.20. The van der Waals surface area contributed by atoms with Crippen molar-refractivity contribution in [2.45, 2.75) is 55.3 Å². The molecule has 0 amide bonds. The Balaban J connectivity index is 1.82. The third kappa shape index (κ3) is 9.76. The predicted octanol–water partition coefficient (Wildman–Crippen LogP) is 5.42. The van der Waals surface area contributed by atoms with Crippen LogP contribution in [0.25, 0.3) is 0 Å². The van der Waals surface area contributed by atoms with Gasteiger partial charge in [0, 0.05) is 4.90 Å². The average Bonchev–Trinajstić information content (AvgIpc) is 2.80. The zero-order valence-electron chi connectivity index (χ0n) is 18.5. The van der Waals surface area contributed by atoms with Crippen LogP contribution in [0.2, 0.25) is 0 Å². The maximum Gasteiger partial charge on any atom is 0.332 e. The van der Waals surface area contributed by atoms with Crippen molar-refractivity contribution < 1.29 is 24.1 Å². The molecule has 5 nitrogen and oxygen atoms in total. The van der Waals surface area contributed by atoms with Crippen LogP contribution >= 0.6 is 11.8 Å². The average molecular weight is 447 g/mol. The molecule has 2 aromatic rings. The Hall–Kier alpha value is -2.02. The number of rotatable bonds is 15. The molecule has 0 spiro atoms. The molecular weight excluding hydrogens is 412 g/mol. The normalized spacial score (nSPS) is 12.9. The van der Waals surface area contributed by atoms with Crippen LogP contribution in [0.5, 0.6) is 5.75 Å². The summed E-state index contributed by atoms with van der Waals surface area (Å²) in [6.45, 7) is 2.49. The largest absolute Gasteiger partial charge is 0.497 e. The van der Waals surface area contributed by atoms with Crippen LogP contribution in [0.15, 0.2) is 59.5 Å². The molecule has 2 rings (SSSR count). The molecule has 1 N–H and O–H groups in total. The van der Waals surface area contributed by atoms with E-state index in [0.29, 0.717) is 6.61 Å². The number of unbranched alkanes of at least 4 members (excludes halogenated alkanes) is 4. The summed E-state index contributed by atoms with van der Waals surface area (Å²) in [6, 6.07) is 17.5. The van der Waals surface area contributed by atoms with Gasteiger partial charge in [-0.05, 0) is 36.2 Å². The first-order valence-electron chi connectivity index (χ1n) is 10.9. The summed E-state index contributed by atoms with van der Waals surface area (Å²) in [6.07, 6.45) is 4.74. The molecule has 31 heavy (non-hydrogen) atoms. The van der Waals surface area contributed by atoms with Crippen LogP contribution in [0.1, 0.15) is 49.8 Å². The Morgan fingerprint density at radius 2 is 1.71 bits per heavy atom. The highest BCUT2D eigenvalue weighted by Crippen LogP contribution is 2.38. The predicted molar refractivity (Wildman–Crippen MR) is 125 cm³/mol. The molecule has 0 aliphatic carbocycles. The Morgan fingerprint density at radius 3 is 2.39 bits per heavy atom. The van der Waals surface area contributed by atoms with Crippen molar-refractivity contribution in [3.8, 4) is 5.75 Å². The molecular formula is C25H34O5S. The van der Waals surface area contributed by atoms with E-state index in [1.165, 1.54) is 19.3 Å². The van der Waals surface area contributed by atoms with Gasteiger partial charge in [0.05, 0.1) is 31.7 Å². The van der Waals surface area contributed by atoms with Gasteiger partial charge in [0.1, 0.15) is 12.4 Å². The number of ether oxygens (including phenoxy) is 3. The number of hydrogen-bond acceptors (Lipinski definition) is 6. The van der Waals surface area contributed by atoms with E-state index in [1.54, 1.807) is 18.9 Å². The molecule has 2 unspecified atom stereocenters. The van der Waals surface area contributed by atoms with Crippen LogP contribution in [-0.4, -0.2) is 44.1 Å². The van der Waals surface area contributed by atoms with Gasteiger partial charge in [0.25, 0.3) is 0 Å². The SMILES string of the molecule is CCCCCCCOC(=O)COCC(O)C(Sc1ccc(OC)cc1)c1ccccc1. The van der Waals surface area contributed by atoms with E-state index in [1.807, 2.05) is 54.6 Å². The second kappa shape index (κ2) is 14.9. The summed E-state index contributed by atoms with van der Waals surface area (Å²) in [4.78, 5) is 12.9. The summed E-state index contributed by atoms with van der Waals surface area (Å²) < 4.78 is 15.9. The van der Waals surface area contributed by atoms with Gasteiger partial charge in [-0.2, -0.15) is 0 Å². The highest BCUT2D eigenvalue weighted by molar-refractivity contribution is 7.99. The second-order valence-electron chi connectivity index (χ2n) is 7.34. The van der Waals surface area contributed by atoms with Gasteiger partial charge in [0.15, 0.2) is 0 Å². The number of benzene rings is 2. The number of aliphatic hydroxyl groups is 1. The fraction of sp³-hybridized carbons (Fsp3) is 0.480. The topological polar surface area (TPSA) is 65.0 Å². The summed E-state index contributed by atoms with van der Waals surface area (Å²) in [5, 5.41) is 10.6. The minimum Gasteiger partial charge on any atom is -0.497 e. The molecule has 0 aromatic heterocycles. The molecule has 6 heteroatoms. The van der Waals surface area contributed by atoms with Gasteiger partial charge in [0.2, 0.25) is 0 Å². The van der Waals surface area contributed by atoms with Crippen LogP contribution in [0.4, 0.5) is 0 Å². The van der Waals surface area contributed by atoms with Crippen LogP contribution in [0.3, 0.4) is 0 Å². The molecule has 0 aliphatic heterocycles. The molecule has 170 valence electrons. The summed E-state index contributed by atoms with van der Waals surface area (Å²) in [7, 11) is 1.63. The lowest BCUT2D eigenvalue weighted by Gasteiger charge is -2.23. The zero-order valence-corrected chi connectivity index (χ0v) is 19.3. The minimum atomic E-state index is -0.781. The highest BCUT2D eigenvalue weighted by atomic mass is 32.2. The number of aliphatic hydroxyl groups excluding tert-OH is 1.